The van der Waals surface area contributed by atoms with Gasteiger partial charge in [-0.2, -0.15) is 0 Å². The zero-order valence-electron chi connectivity index (χ0n) is 17.4. The van der Waals surface area contributed by atoms with Crippen LogP contribution in [0.25, 0.3) is 0 Å². The van der Waals surface area contributed by atoms with E-state index in [2.05, 4.69) is 20.8 Å². The predicted molar refractivity (Wildman–Crippen MR) is 107 cm³/mol. The summed E-state index contributed by atoms with van der Waals surface area (Å²) in [4.78, 5) is 0. The lowest BCUT2D eigenvalue weighted by molar-refractivity contribution is -0.129. The molecular formula is C24H42O2. The highest BCUT2D eigenvalue weighted by atomic mass is 16.3. The maximum atomic E-state index is 10.2. The largest absolute Gasteiger partial charge is 0.396 e. The molecule has 0 radical (unpaired) electrons. The molecule has 0 spiro atoms. The monoisotopic (exact) mass is 362 g/mol. The second-order valence-electron chi connectivity index (χ2n) is 11.2. The van der Waals surface area contributed by atoms with Crippen LogP contribution in [0.2, 0.25) is 0 Å². The molecule has 0 amide bonds. The average Bonchev–Trinajstić information content (AvgIpc) is 2.97. The van der Waals surface area contributed by atoms with Crippen LogP contribution in [0.1, 0.15) is 91.4 Å². The molecule has 2 N–H and O–H groups in total. The minimum absolute atomic E-state index is 0.0262. The summed E-state index contributed by atoms with van der Waals surface area (Å²) in [5, 5.41) is 19.4. The quantitative estimate of drug-likeness (QED) is 0.701. The molecule has 4 aliphatic carbocycles. The molecule has 4 aliphatic rings. The smallest absolute Gasteiger partial charge is 0.0543 e. The highest BCUT2D eigenvalue weighted by Crippen LogP contribution is 2.68. The van der Waals surface area contributed by atoms with E-state index in [-0.39, 0.29) is 6.10 Å². The Hall–Kier alpha value is -0.0800. The lowest BCUT2D eigenvalue weighted by Gasteiger charge is -2.61. The van der Waals surface area contributed by atoms with E-state index >= 15 is 0 Å². The van der Waals surface area contributed by atoms with Crippen molar-refractivity contribution >= 4 is 0 Å². The first-order chi connectivity index (χ1) is 12.4. The van der Waals surface area contributed by atoms with Gasteiger partial charge in [0.15, 0.2) is 0 Å². The van der Waals surface area contributed by atoms with Gasteiger partial charge in [-0.05, 0) is 117 Å². The summed E-state index contributed by atoms with van der Waals surface area (Å²) >= 11 is 0. The zero-order chi connectivity index (χ0) is 18.5. The molecule has 0 bridgehead atoms. The van der Waals surface area contributed by atoms with E-state index < -0.39 is 0 Å². The Labute approximate surface area is 161 Å². The first-order valence-corrected chi connectivity index (χ1v) is 11.7. The normalized spacial score (nSPS) is 52.0. The molecule has 0 aromatic carbocycles. The maximum Gasteiger partial charge on any atom is 0.0543 e. The Balaban J connectivity index is 1.52. The van der Waals surface area contributed by atoms with Gasteiger partial charge in [-0.25, -0.2) is 0 Å². The van der Waals surface area contributed by atoms with Crippen LogP contribution in [0, 0.1) is 46.3 Å². The summed E-state index contributed by atoms with van der Waals surface area (Å²) in [7, 11) is 0. The van der Waals surface area contributed by atoms with E-state index in [4.69, 9.17) is 0 Å². The lowest BCUT2D eigenvalue weighted by atomic mass is 9.44. The van der Waals surface area contributed by atoms with Crippen molar-refractivity contribution in [1.82, 2.24) is 0 Å². The van der Waals surface area contributed by atoms with Crippen molar-refractivity contribution in [3.8, 4) is 0 Å². The predicted octanol–water partition coefficient (Wildman–Crippen LogP) is 5.41. The Morgan fingerprint density at radius 1 is 0.923 bits per heavy atom. The van der Waals surface area contributed by atoms with Crippen LogP contribution in [0.3, 0.4) is 0 Å². The van der Waals surface area contributed by atoms with E-state index in [0.29, 0.717) is 17.4 Å². The molecule has 0 heterocycles. The van der Waals surface area contributed by atoms with Crippen LogP contribution >= 0.6 is 0 Å². The molecule has 4 saturated carbocycles. The van der Waals surface area contributed by atoms with E-state index in [1.54, 1.807) is 0 Å². The van der Waals surface area contributed by atoms with Crippen molar-refractivity contribution in [1.29, 1.82) is 0 Å². The van der Waals surface area contributed by atoms with Gasteiger partial charge in [0.2, 0.25) is 0 Å². The SMILES string of the molecule is C[C@H](CCCO)[C@H]1CC[C@H]2[C@@H]3CC[C@H]4C[C@H](O)CC[C@]4(C)[C@H]3CC[C@]12C. The summed E-state index contributed by atoms with van der Waals surface area (Å²) in [6.07, 6.45) is 14.1. The molecule has 4 fully saturated rings. The maximum absolute atomic E-state index is 10.2. The Kier molecular flexibility index (Phi) is 5.23. The highest BCUT2D eigenvalue weighted by Gasteiger charge is 2.60. The van der Waals surface area contributed by atoms with Crippen LogP contribution in [0.5, 0.6) is 0 Å². The topological polar surface area (TPSA) is 40.5 Å². The third-order valence-electron chi connectivity index (χ3n) is 10.2. The molecule has 2 heteroatoms. The number of hydrogen-bond donors (Lipinski definition) is 2. The molecule has 150 valence electrons. The number of hydrogen-bond acceptors (Lipinski definition) is 2. The summed E-state index contributed by atoms with van der Waals surface area (Å²) in [5.74, 6) is 5.22. The highest BCUT2D eigenvalue weighted by molar-refractivity contribution is 5.09. The zero-order valence-corrected chi connectivity index (χ0v) is 17.4. The van der Waals surface area contributed by atoms with Gasteiger partial charge >= 0.3 is 0 Å². The van der Waals surface area contributed by atoms with E-state index in [0.717, 1.165) is 54.8 Å². The second kappa shape index (κ2) is 7.07. The molecule has 26 heavy (non-hydrogen) atoms. The third-order valence-corrected chi connectivity index (χ3v) is 10.2. The van der Waals surface area contributed by atoms with E-state index in [1.807, 2.05) is 0 Å². The summed E-state index contributed by atoms with van der Waals surface area (Å²) in [5.41, 5.74) is 1.05. The van der Waals surface area contributed by atoms with Gasteiger partial charge in [0, 0.05) is 6.61 Å². The van der Waals surface area contributed by atoms with Crippen molar-refractivity contribution < 1.29 is 10.2 Å². The molecule has 0 saturated heterocycles. The number of fused-ring (bicyclic) bond motifs is 5. The van der Waals surface area contributed by atoms with Gasteiger partial charge in [-0.1, -0.05) is 20.8 Å². The summed E-state index contributed by atoms with van der Waals surface area (Å²) in [6.45, 7) is 8.05. The first kappa shape index (κ1) is 19.2. The van der Waals surface area contributed by atoms with Crippen LogP contribution in [-0.2, 0) is 0 Å². The standard InChI is InChI=1S/C24H42O2/c1-16(5-4-14-25)20-8-9-21-19-7-6-17-15-18(26)10-12-23(17,2)22(19)11-13-24(20,21)3/h16-22,25-26H,4-15H2,1-3H3/t16-,17+,18-,19+,20-,21+,22+,23+,24-/m1/s1. The molecule has 4 rings (SSSR count). The van der Waals surface area contributed by atoms with E-state index in [9.17, 15) is 10.2 Å². The van der Waals surface area contributed by atoms with Crippen molar-refractivity contribution in [3.05, 3.63) is 0 Å². The molecule has 0 aromatic heterocycles. The molecule has 0 aromatic rings. The fourth-order valence-corrected chi connectivity index (χ4v) is 8.83. The Morgan fingerprint density at radius 3 is 2.42 bits per heavy atom. The Morgan fingerprint density at radius 2 is 1.65 bits per heavy atom. The number of aliphatic hydroxyl groups is 2. The van der Waals surface area contributed by atoms with Gasteiger partial charge in [0.05, 0.1) is 6.10 Å². The minimum Gasteiger partial charge on any atom is -0.396 e. The van der Waals surface area contributed by atoms with Crippen molar-refractivity contribution in [2.45, 2.75) is 97.5 Å². The second-order valence-corrected chi connectivity index (χ2v) is 11.2. The van der Waals surface area contributed by atoms with Gasteiger partial charge in [-0.15, -0.1) is 0 Å². The third kappa shape index (κ3) is 2.89. The molecule has 0 aliphatic heterocycles. The fourth-order valence-electron chi connectivity index (χ4n) is 8.83. The lowest BCUT2D eigenvalue weighted by Crippen LogP contribution is -2.54. The van der Waals surface area contributed by atoms with Crippen molar-refractivity contribution in [2.75, 3.05) is 6.61 Å². The Bertz CT molecular complexity index is 504. The summed E-state index contributed by atoms with van der Waals surface area (Å²) < 4.78 is 0. The number of aliphatic hydroxyl groups excluding tert-OH is 2. The fraction of sp³-hybridized carbons (Fsp3) is 1.00. The molecular weight excluding hydrogens is 320 g/mol. The van der Waals surface area contributed by atoms with Crippen LogP contribution in [0.15, 0.2) is 0 Å². The number of rotatable bonds is 4. The van der Waals surface area contributed by atoms with Gasteiger partial charge in [0.25, 0.3) is 0 Å². The van der Waals surface area contributed by atoms with Gasteiger partial charge < -0.3 is 10.2 Å². The van der Waals surface area contributed by atoms with E-state index in [1.165, 1.54) is 51.4 Å². The molecule has 2 nitrogen and oxygen atoms in total. The van der Waals surface area contributed by atoms with Gasteiger partial charge in [0.1, 0.15) is 0 Å². The van der Waals surface area contributed by atoms with Crippen LogP contribution < -0.4 is 0 Å². The molecule has 9 atom stereocenters. The molecule has 0 unspecified atom stereocenters. The van der Waals surface area contributed by atoms with Crippen molar-refractivity contribution in [3.63, 3.8) is 0 Å². The average molecular weight is 363 g/mol. The van der Waals surface area contributed by atoms with Gasteiger partial charge in [-0.3, -0.25) is 0 Å². The van der Waals surface area contributed by atoms with Crippen molar-refractivity contribution in [2.24, 2.45) is 46.3 Å². The van der Waals surface area contributed by atoms with Crippen LogP contribution in [0.4, 0.5) is 0 Å². The van der Waals surface area contributed by atoms with Crippen LogP contribution in [-0.4, -0.2) is 22.9 Å². The minimum atomic E-state index is -0.0262. The first-order valence-electron chi connectivity index (χ1n) is 11.7. The summed E-state index contributed by atoms with van der Waals surface area (Å²) in [6, 6.07) is 0.